The Labute approximate surface area is 158 Å². The summed E-state index contributed by atoms with van der Waals surface area (Å²) in [6.45, 7) is -3.10. The maximum Gasteiger partial charge on any atom is 0.459 e. The van der Waals surface area contributed by atoms with E-state index in [1.807, 2.05) is 0 Å². The molecule has 0 aromatic carbocycles. The molecule has 1 unspecified atom stereocenters. The lowest BCUT2D eigenvalue weighted by Crippen LogP contribution is -2.53. The van der Waals surface area contributed by atoms with Crippen LogP contribution in [-0.4, -0.2) is 43.4 Å². The number of alkyl halides is 6. The molecule has 0 spiro atoms. The van der Waals surface area contributed by atoms with E-state index < -0.39 is 68.3 Å². The summed E-state index contributed by atoms with van der Waals surface area (Å²) in [5.41, 5.74) is 0. The Hall–Kier alpha value is -0.760. The molecule has 0 radical (unpaired) electrons. The zero-order valence-corrected chi connectivity index (χ0v) is 14.9. The van der Waals surface area contributed by atoms with Crippen molar-refractivity contribution in [2.24, 2.45) is 0 Å². The van der Waals surface area contributed by atoms with Gasteiger partial charge >= 0.3 is 30.2 Å². The molecule has 168 valence electrons. The third-order valence-corrected chi connectivity index (χ3v) is 1.75. The summed E-state index contributed by atoms with van der Waals surface area (Å²) in [6.07, 6.45) is -11.5. The molecule has 28 heavy (non-hydrogen) atoms. The van der Waals surface area contributed by atoms with Gasteiger partial charge in [0.15, 0.2) is 13.2 Å². The van der Waals surface area contributed by atoms with Crippen LogP contribution in [0.25, 0.3) is 0 Å². The predicted octanol–water partition coefficient (Wildman–Crippen LogP) is 4.24. The van der Waals surface area contributed by atoms with Gasteiger partial charge in [0.25, 0.3) is 0 Å². The number of hydrogen-bond acceptors (Lipinski definition) is 10. The van der Waals surface area contributed by atoms with E-state index in [1.165, 1.54) is 0 Å². The molecule has 0 aliphatic rings. The SMILES string of the molecule is O=C(F)C(F)(OC(F)(F)COOSF)C(F)(F)F.O=C(F)COOSF.O=P. The van der Waals surface area contributed by atoms with Crippen molar-refractivity contribution in [3.05, 3.63) is 0 Å². The highest BCUT2D eigenvalue weighted by Crippen LogP contribution is 2.40. The van der Waals surface area contributed by atoms with Gasteiger partial charge < -0.3 is 0 Å². The molecule has 0 N–H and O–H groups in total. The first-order valence-electron chi connectivity index (χ1n) is 5.29. The van der Waals surface area contributed by atoms with Gasteiger partial charge in [-0.1, -0.05) is 0 Å². The zero-order chi connectivity index (χ0) is 23.0. The second kappa shape index (κ2) is 16.1. The normalized spacial score (nSPS) is 13.4. The van der Waals surface area contributed by atoms with Crippen LogP contribution < -0.4 is 0 Å². The molecule has 0 rings (SSSR count). The molecule has 21 heteroatoms. The van der Waals surface area contributed by atoms with Crippen LogP contribution in [0.15, 0.2) is 0 Å². The fraction of sp³-hybridized carbons (Fsp3) is 0.714. The van der Waals surface area contributed by atoms with E-state index in [0.29, 0.717) is 0 Å². The first-order valence-corrected chi connectivity index (χ1v) is 6.98. The predicted molar refractivity (Wildman–Crippen MR) is 68.6 cm³/mol. The summed E-state index contributed by atoms with van der Waals surface area (Å²) in [7, 11) is 1.72. The van der Waals surface area contributed by atoms with E-state index >= 15 is 0 Å². The largest absolute Gasteiger partial charge is 0.459 e. The van der Waals surface area contributed by atoms with Crippen LogP contribution in [0.1, 0.15) is 0 Å². The fourth-order valence-electron chi connectivity index (χ4n) is 0.644. The molecular formula is C7H5F10O8PS2. The Balaban J connectivity index is -0.000000522. The van der Waals surface area contributed by atoms with Crippen LogP contribution in [0.5, 0.6) is 0 Å². The summed E-state index contributed by atoms with van der Waals surface area (Å²) in [5.74, 6) is -5.87. The lowest BCUT2D eigenvalue weighted by molar-refractivity contribution is -0.415. The molecule has 0 fully saturated rings. The molecule has 0 heterocycles. The molecule has 1 atom stereocenters. The number of hydrogen-bond donors (Lipinski definition) is 0. The maximum absolute atomic E-state index is 12.7. The van der Waals surface area contributed by atoms with E-state index in [2.05, 4.69) is 23.2 Å². The number of carbonyl (C=O) groups is 2. The molecule has 0 saturated carbocycles. The molecule has 0 aromatic rings. The van der Waals surface area contributed by atoms with Crippen molar-refractivity contribution < 1.29 is 80.2 Å². The van der Waals surface area contributed by atoms with E-state index in [4.69, 9.17) is 4.57 Å². The topological polar surface area (TPSA) is 97.4 Å². The Morgan fingerprint density at radius 2 is 1.29 bits per heavy atom. The minimum atomic E-state index is -6.39. The highest BCUT2D eigenvalue weighted by molar-refractivity contribution is 7.89. The van der Waals surface area contributed by atoms with Gasteiger partial charge in [0.05, 0.1) is 0 Å². The highest BCUT2D eigenvalue weighted by Gasteiger charge is 2.68. The quantitative estimate of drug-likeness (QED) is 0.0777. The van der Waals surface area contributed by atoms with Crippen molar-refractivity contribution in [1.82, 2.24) is 0 Å². The number of carbonyl (C=O) groups excluding carboxylic acids is 2. The van der Waals surface area contributed by atoms with Gasteiger partial charge in [-0.3, -0.25) is 18.9 Å². The lowest BCUT2D eigenvalue weighted by Gasteiger charge is -2.27. The molecule has 0 aromatic heterocycles. The van der Waals surface area contributed by atoms with Crippen molar-refractivity contribution in [2.75, 3.05) is 13.2 Å². The molecular weight excluding hydrogens is 497 g/mol. The van der Waals surface area contributed by atoms with Gasteiger partial charge in [-0.05, 0) is 0 Å². The Kier molecular flexibility index (Phi) is 18.3. The fourth-order valence-corrected chi connectivity index (χ4v) is 0.813. The van der Waals surface area contributed by atoms with E-state index in [0.717, 1.165) is 0 Å². The van der Waals surface area contributed by atoms with Crippen molar-refractivity contribution in [3.63, 3.8) is 0 Å². The van der Waals surface area contributed by atoms with Gasteiger partial charge in [-0.25, -0.2) is 9.78 Å². The van der Waals surface area contributed by atoms with Crippen molar-refractivity contribution >= 4 is 46.1 Å². The highest BCUT2D eigenvalue weighted by atomic mass is 32.2. The molecule has 0 bridgehead atoms. The van der Waals surface area contributed by atoms with Gasteiger partial charge in [0.2, 0.25) is 24.9 Å². The smallest absolute Gasteiger partial charge is 0.279 e. The first kappa shape index (κ1) is 31.9. The van der Waals surface area contributed by atoms with Crippen molar-refractivity contribution in [2.45, 2.75) is 18.1 Å². The average Bonchev–Trinajstić information content (AvgIpc) is 2.55. The second-order valence-electron chi connectivity index (χ2n) is 3.25. The molecule has 8 nitrogen and oxygen atoms in total. The Morgan fingerprint density at radius 3 is 1.61 bits per heavy atom. The summed E-state index contributed by atoms with van der Waals surface area (Å²) in [6, 6.07) is -5.55. The van der Waals surface area contributed by atoms with Crippen LogP contribution in [0.3, 0.4) is 0 Å². The van der Waals surface area contributed by atoms with Crippen LogP contribution in [0, 0.1) is 0 Å². The van der Waals surface area contributed by atoms with Crippen LogP contribution >= 0.6 is 34.0 Å². The molecule has 0 aliphatic heterocycles. The third kappa shape index (κ3) is 15.2. The average molecular weight is 502 g/mol. The van der Waals surface area contributed by atoms with Gasteiger partial charge in [0, 0.05) is 0 Å². The minimum absolute atomic E-state index is 0.597. The van der Waals surface area contributed by atoms with Gasteiger partial charge in [-0.15, -0.1) is 16.4 Å². The molecule has 0 amide bonds. The monoisotopic (exact) mass is 502 g/mol. The second-order valence-corrected chi connectivity index (χ2v) is 3.77. The van der Waals surface area contributed by atoms with Gasteiger partial charge in [-0.2, -0.15) is 35.1 Å². The van der Waals surface area contributed by atoms with E-state index in [1.54, 1.807) is 9.12 Å². The van der Waals surface area contributed by atoms with E-state index in [-0.39, 0.29) is 0 Å². The summed E-state index contributed by atoms with van der Waals surface area (Å²) in [5, 5.41) is 0. The maximum atomic E-state index is 12.7. The summed E-state index contributed by atoms with van der Waals surface area (Å²) >= 11 is -1.69. The molecule has 0 saturated heterocycles. The standard InChI is InChI=1S/C5H2F8O4S.C2H2F2O3S.HOP/c6-2(14)4(9,5(10,11)12)16-3(7,8)1-15-17-18-13;3-2(5)1-6-7-8-4;1-2/h1H2;1H2;2H. The summed E-state index contributed by atoms with van der Waals surface area (Å²) in [4.78, 5) is 25.9. The van der Waals surface area contributed by atoms with Crippen LogP contribution in [0.2, 0.25) is 0 Å². The molecule has 0 aliphatic carbocycles. The Bertz CT molecular complexity index is 460. The number of halogens is 10. The minimum Gasteiger partial charge on any atom is -0.279 e. The number of rotatable bonds is 11. The number of ether oxygens (including phenoxy) is 1. The van der Waals surface area contributed by atoms with Crippen LogP contribution in [0.4, 0.5) is 42.9 Å². The zero-order valence-electron chi connectivity index (χ0n) is 12.3. The van der Waals surface area contributed by atoms with Gasteiger partial charge in [0.1, 0.15) is 9.12 Å². The third-order valence-electron chi connectivity index (χ3n) is 1.45. The summed E-state index contributed by atoms with van der Waals surface area (Å²) < 4.78 is 135. The lowest BCUT2D eigenvalue weighted by atomic mass is 10.3. The van der Waals surface area contributed by atoms with E-state index in [9.17, 15) is 52.5 Å². The van der Waals surface area contributed by atoms with Crippen LogP contribution in [-0.2, 0) is 37.3 Å². The first-order chi connectivity index (χ1) is 12.7. The van der Waals surface area contributed by atoms with Crippen molar-refractivity contribution in [3.8, 4) is 0 Å². The Morgan fingerprint density at radius 1 is 0.857 bits per heavy atom. The van der Waals surface area contributed by atoms with Crippen molar-refractivity contribution in [1.29, 1.82) is 0 Å².